The van der Waals surface area contributed by atoms with E-state index in [0.29, 0.717) is 17.7 Å². The second-order valence-electron chi connectivity index (χ2n) is 5.55. The van der Waals surface area contributed by atoms with Crippen molar-refractivity contribution in [2.75, 3.05) is 17.7 Å². The van der Waals surface area contributed by atoms with Crippen molar-refractivity contribution in [2.24, 2.45) is 0 Å². The molecule has 2 N–H and O–H groups in total. The first-order valence-electron chi connectivity index (χ1n) is 7.86. The van der Waals surface area contributed by atoms with Crippen molar-refractivity contribution in [2.45, 2.75) is 51.2 Å². The monoisotopic (exact) mass is 301 g/mol. The fraction of sp³-hybridized carbons (Fsp3) is 0.529. The summed E-state index contributed by atoms with van der Waals surface area (Å²) in [5.41, 5.74) is 1.90. The highest BCUT2D eigenvalue weighted by atomic mass is 16.5. The maximum absolute atomic E-state index is 12.5. The molecule has 0 aromatic heterocycles. The van der Waals surface area contributed by atoms with E-state index in [2.05, 4.69) is 16.7 Å². The van der Waals surface area contributed by atoms with Crippen LogP contribution in [-0.2, 0) is 9.53 Å². The van der Waals surface area contributed by atoms with Gasteiger partial charge in [0.15, 0.2) is 0 Å². The smallest absolute Gasteiger partial charge is 0.253 e. The van der Waals surface area contributed by atoms with Gasteiger partial charge in [0.2, 0.25) is 0 Å². The van der Waals surface area contributed by atoms with Crippen LogP contribution in [0.4, 0.5) is 11.4 Å². The van der Waals surface area contributed by atoms with Gasteiger partial charge in [-0.2, -0.15) is 5.26 Å². The van der Waals surface area contributed by atoms with Gasteiger partial charge in [-0.1, -0.05) is 19.8 Å². The average molecular weight is 301 g/mol. The van der Waals surface area contributed by atoms with Crippen LogP contribution >= 0.6 is 0 Å². The first kappa shape index (κ1) is 16.3. The molecule has 0 aliphatic heterocycles. The lowest BCUT2D eigenvalue weighted by atomic mass is 10.1. The molecule has 1 amide bonds. The Morgan fingerprint density at radius 1 is 1.41 bits per heavy atom. The van der Waals surface area contributed by atoms with Crippen LogP contribution in [-0.4, -0.2) is 25.2 Å². The Kier molecular flexibility index (Phi) is 5.79. The lowest BCUT2D eigenvalue weighted by molar-refractivity contribution is -0.131. The topological polar surface area (TPSA) is 74.1 Å². The summed E-state index contributed by atoms with van der Waals surface area (Å²) in [4.78, 5) is 12.5. The first-order chi connectivity index (χ1) is 10.7. The molecule has 1 aliphatic rings. The number of nitriles is 1. The highest BCUT2D eigenvalue weighted by molar-refractivity contribution is 5.97. The zero-order valence-electron chi connectivity index (χ0n) is 13.2. The van der Waals surface area contributed by atoms with Gasteiger partial charge in [-0.3, -0.25) is 4.79 Å². The van der Waals surface area contributed by atoms with E-state index in [9.17, 15) is 4.79 Å². The summed E-state index contributed by atoms with van der Waals surface area (Å²) in [6.45, 7) is 1.95. The minimum atomic E-state index is -0.446. The van der Waals surface area contributed by atoms with Gasteiger partial charge in [0.05, 0.1) is 29.1 Å². The third kappa shape index (κ3) is 3.99. The van der Waals surface area contributed by atoms with Crippen molar-refractivity contribution in [3.63, 3.8) is 0 Å². The predicted octanol–water partition coefficient (Wildman–Crippen LogP) is 3.28. The molecule has 1 aliphatic carbocycles. The molecule has 5 nitrogen and oxygen atoms in total. The van der Waals surface area contributed by atoms with Gasteiger partial charge < -0.3 is 15.4 Å². The zero-order chi connectivity index (χ0) is 15.9. The SMILES string of the molecule is CC[C@@H](OC1CCCC1)C(=O)Nc1cc(C#N)ccc1NC. The van der Waals surface area contributed by atoms with Gasteiger partial charge in [-0.15, -0.1) is 0 Å². The molecule has 0 bridgehead atoms. The maximum Gasteiger partial charge on any atom is 0.253 e. The summed E-state index contributed by atoms with van der Waals surface area (Å²) >= 11 is 0. The Morgan fingerprint density at radius 3 is 2.73 bits per heavy atom. The molecule has 0 heterocycles. The molecule has 0 spiro atoms. The summed E-state index contributed by atoms with van der Waals surface area (Å²) in [7, 11) is 1.78. The molecular formula is C17H23N3O2. The van der Waals surface area contributed by atoms with Gasteiger partial charge in [0, 0.05) is 7.05 Å². The highest BCUT2D eigenvalue weighted by Crippen LogP contribution is 2.25. The first-order valence-corrected chi connectivity index (χ1v) is 7.86. The number of benzene rings is 1. The standard InChI is InChI=1S/C17H23N3O2/c1-3-16(22-13-6-4-5-7-13)17(21)20-15-10-12(11-18)8-9-14(15)19-2/h8-10,13,16,19H,3-7H2,1-2H3,(H,20,21)/t16-/m1/s1. The molecule has 2 rings (SSSR count). The fourth-order valence-electron chi connectivity index (χ4n) is 2.75. The Morgan fingerprint density at radius 2 is 2.14 bits per heavy atom. The fourth-order valence-corrected chi connectivity index (χ4v) is 2.75. The summed E-state index contributed by atoms with van der Waals surface area (Å²) in [6.07, 6.45) is 4.82. The maximum atomic E-state index is 12.5. The lowest BCUT2D eigenvalue weighted by Gasteiger charge is -2.21. The number of carbonyl (C=O) groups is 1. The number of nitrogens with one attached hydrogen (secondary N) is 2. The molecule has 22 heavy (non-hydrogen) atoms. The number of anilines is 2. The molecule has 0 unspecified atom stereocenters. The van der Waals surface area contributed by atoms with Gasteiger partial charge in [0.1, 0.15) is 6.10 Å². The Bertz CT molecular complexity index is 560. The van der Waals surface area contributed by atoms with Crippen LogP contribution in [0.5, 0.6) is 0 Å². The highest BCUT2D eigenvalue weighted by Gasteiger charge is 2.24. The van der Waals surface area contributed by atoms with Crippen LogP contribution < -0.4 is 10.6 Å². The molecular weight excluding hydrogens is 278 g/mol. The number of ether oxygens (including phenoxy) is 1. The quantitative estimate of drug-likeness (QED) is 0.845. The number of hydrogen-bond donors (Lipinski definition) is 2. The van der Waals surface area contributed by atoms with E-state index < -0.39 is 6.10 Å². The molecule has 1 saturated carbocycles. The number of amides is 1. The molecule has 1 fully saturated rings. The van der Waals surface area contributed by atoms with Crippen LogP contribution in [0.15, 0.2) is 18.2 Å². The summed E-state index contributed by atoms with van der Waals surface area (Å²) in [5.74, 6) is -0.152. The minimum absolute atomic E-state index is 0.152. The lowest BCUT2D eigenvalue weighted by Crippen LogP contribution is -2.33. The second-order valence-corrected chi connectivity index (χ2v) is 5.55. The van der Waals surface area contributed by atoms with Crippen LogP contribution in [0.3, 0.4) is 0 Å². The molecule has 1 atom stereocenters. The van der Waals surface area contributed by atoms with Gasteiger partial charge >= 0.3 is 0 Å². The van der Waals surface area contributed by atoms with Crippen molar-refractivity contribution < 1.29 is 9.53 Å². The van der Waals surface area contributed by atoms with E-state index >= 15 is 0 Å². The van der Waals surface area contributed by atoms with Crippen LogP contribution in [0.1, 0.15) is 44.6 Å². The van der Waals surface area contributed by atoms with Crippen LogP contribution in [0, 0.1) is 11.3 Å². The Balaban J connectivity index is 2.07. The second kappa shape index (κ2) is 7.81. The number of nitrogens with zero attached hydrogens (tertiary/aromatic N) is 1. The summed E-state index contributed by atoms with van der Waals surface area (Å²) < 4.78 is 5.93. The third-order valence-corrected chi connectivity index (χ3v) is 4.00. The largest absolute Gasteiger partial charge is 0.386 e. The molecule has 118 valence electrons. The van der Waals surface area contributed by atoms with Crippen molar-refractivity contribution in [3.8, 4) is 6.07 Å². The van der Waals surface area contributed by atoms with E-state index in [-0.39, 0.29) is 12.0 Å². The average Bonchev–Trinajstić information content (AvgIpc) is 3.05. The van der Waals surface area contributed by atoms with Crippen LogP contribution in [0.2, 0.25) is 0 Å². The number of rotatable bonds is 6. The Hall–Kier alpha value is -2.06. The van der Waals surface area contributed by atoms with Crippen LogP contribution in [0.25, 0.3) is 0 Å². The third-order valence-electron chi connectivity index (χ3n) is 4.00. The van der Waals surface area contributed by atoms with Gasteiger partial charge in [-0.05, 0) is 37.5 Å². The van der Waals surface area contributed by atoms with E-state index in [0.717, 1.165) is 18.5 Å². The number of carbonyl (C=O) groups excluding carboxylic acids is 1. The van der Waals surface area contributed by atoms with Gasteiger partial charge in [0.25, 0.3) is 5.91 Å². The summed E-state index contributed by atoms with van der Waals surface area (Å²) in [5, 5.41) is 14.9. The zero-order valence-corrected chi connectivity index (χ0v) is 13.2. The molecule has 0 saturated heterocycles. The molecule has 1 aromatic carbocycles. The van der Waals surface area contributed by atoms with E-state index in [1.54, 1.807) is 25.2 Å². The van der Waals surface area contributed by atoms with Crippen molar-refractivity contribution in [1.29, 1.82) is 5.26 Å². The van der Waals surface area contributed by atoms with E-state index in [4.69, 9.17) is 10.00 Å². The van der Waals surface area contributed by atoms with E-state index in [1.165, 1.54) is 12.8 Å². The molecule has 5 heteroatoms. The molecule has 0 radical (unpaired) electrons. The normalized spacial score (nSPS) is 16.0. The molecule has 1 aromatic rings. The summed E-state index contributed by atoms with van der Waals surface area (Å²) in [6, 6.07) is 7.26. The predicted molar refractivity (Wildman–Crippen MR) is 86.8 cm³/mol. The van der Waals surface area contributed by atoms with Crippen molar-refractivity contribution >= 4 is 17.3 Å². The number of hydrogen-bond acceptors (Lipinski definition) is 4. The van der Waals surface area contributed by atoms with Crippen molar-refractivity contribution in [3.05, 3.63) is 23.8 Å². The Labute approximate surface area is 131 Å². The minimum Gasteiger partial charge on any atom is -0.386 e. The van der Waals surface area contributed by atoms with Gasteiger partial charge in [-0.25, -0.2) is 0 Å². The van der Waals surface area contributed by atoms with Crippen molar-refractivity contribution in [1.82, 2.24) is 0 Å². The van der Waals surface area contributed by atoms with E-state index in [1.807, 2.05) is 6.92 Å².